The Morgan fingerprint density at radius 1 is 1.78 bits per heavy atom. The molecule has 3 nitrogen and oxygen atoms in total. The Labute approximate surface area is 53.4 Å². The van der Waals surface area contributed by atoms with Gasteiger partial charge in [0.1, 0.15) is 6.04 Å². The van der Waals surface area contributed by atoms with Gasteiger partial charge in [0, 0.05) is 0 Å². The van der Waals surface area contributed by atoms with Gasteiger partial charge in [-0.3, -0.25) is 4.99 Å². The third kappa shape index (κ3) is 1.52. The molecule has 3 heteroatoms. The number of carboxylic acids is 1. The molecule has 0 fully saturated rings. The van der Waals surface area contributed by atoms with E-state index >= 15 is 0 Å². The van der Waals surface area contributed by atoms with Crippen LogP contribution in [0.25, 0.3) is 0 Å². The molecule has 1 heterocycles. The van der Waals surface area contributed by atoms with Crippen LogP contribution in [0.3, 0.4) is 0 Å². The lowest BCUT2D eigenvalue weighted by Gasteiger charge is -2.09. The largest absolute Gasteiger partial charge is 0.480 e. The molecule has 0 aliphatic carbocycles. The molecule has 0 aromatic rings. The third-order valence-electron chi connectivity index (χ3n) is 1.38. The predicted molar refractivity (Wildman–Crippen MR) is 33.8 cm³/mol. The molecule has 0 aromatic heterocycles. The van der Waals surface area contributed by atoms with Crippen molar-refractivity contribution in [2.24, 2.45) is 4.99 Å². The Hall–Kier alpha value is -0.860. The summed E-state index contributed by atoms with van der Waals surface area (Å²) in [6.07, 6.45) is 4.29. The minimum atomic E-state index is -0.800. The Balaban J connectivity index is 2.50. The van der Waals surface area contributed by atoms with E-state index in [-0.39, 0.29) is 0 Å². The molecule has 0 bridgehead atoms. The molecular weight excluding hydrogens is 118 g/mol. The van der Waals surface area contributed by atoms with Crippen molar-refractivity contribution >= 4 is 12.2 Å². The second-order valence-corrected chi connectivity index (χ2v) is 2.12. The van der Waals surface area contributed by atoms with Crippen LogP contribution in [0.5, 0.6) is 0 Å². The molecule has 1 aliphatic heterocycles. The van der Waals surface area contributed by atoms with Crippen LogP contribution >= 0.6 is 0 Å². The number of aliphatic imine (C=N–C) groups is 1. The molecule has 1 aliphatic rings. The topological polar surface area (TPSA) is 49.7 Å². The summed E-state index contributed by atoms with van der Waals surface area (Å²) >= 11 is 0. The van der Waals surface area contributed by atoms with Gasteiger partial charge in [0.25, 0.3) is 0 Å². The van der Waals surface area contributed by atoms with Gasteiger partial charge >= 0.3 is 5.97 Å². The number of carbonyl (C=O) groups is 1. The number of aliphatic carboxylic acids is 1. The zero-order valence-electron chi connectivity index (χ0n) is 5.08. The van der Waals surface area contributed by atoms with Crippen molar-refractivity contribution in [2.75, 3.05) is 0 Å². The number of carboxylic acid groups (broad SMARTS) is 1. The van der Waals surface area contributed by atoms with E-state index in [1.807, 2.05) is 0 Å². The van der Waals surface area contributed by atoms with Gasteiger partial charge in [-0.1, -0.05) is 0 Å². The molecule has 0 saturated carbocycles. The summed E-state index contributed by atoms with van der Waals surface area (Å²) in [4.78, 5) is 14.0. The average molecular weight is 127 g/mol. The Bertz CT molecular complexity index is 142. The lowest BCUT2D eigenvalue weighted by Crippen LogP contribution is -2.20. The molecule has 0 radical (unpaired) electrons. The van der Waals surface area contributed by atoms with E-state index in [1.165, 1.54) is 0 Å². The fourth-order valence-electron chi connectivity index (χ4n) is 0.866. The van der Waals surface area contributed by atoms with Gasteiger partial charge in [0.15, 0.2) is 0 Å². The van der Waals surface area contributed by atoms with Crippen LogP contribution in [0.2, 0.25) is 0 Å². The normalized spacial score (nSPS) is 26.0. The minimum Gasteiger partial charge on any atom is -0.480 e. The summed E-state index contributed by atoms with van der Waals surface area (Å²) in [5.41, 5.74) is 0. The van der Waals surface area contributed by atoms with E-state index in [4.69, 9.17) is 5.11 Å². The lowest BCUT2D eigenvalue weighted by atomic mass is 10.1. The summed E-state index contributed by atoms with van der Waals surface area (Å²) in [5.74, 6) is -0.800. The van der Waals surface area contributed by atoms with Crippen molar-refractivity contribution < 1.29 is 9.90 Å². The first-order valence-corrected chi connectivity index (χ1v) is 3.05. The summed E-state index contributed by atoms with van der Waals surface area (Å²) in [5, 5.41) is 8.42. The van der Waals surface area contributed by atoms with Crippen LogP contribution in [-0.4, -0.2) is 23.3 Å². The molecule has 0 spiro atoms. The molecule has 50 valence electrons. The smallest absolute Gasteiger partial charge is 0.328 e. The maximum Gasteiger partial charge on any atom is 0.328 e. The molecule has 9 heavy (non-hydrogen) atoms. The second kappa shape index (κ2) is 2.62. The Morgan fingerprint density at radius 3 is 2.89 bits per heavy atom. The van der Waals surface area contributed by atoms with E-state index < -0.39 is 12.0 Å². The molecule has 1 N–H and O–H groups in total. The first-order valence-electron chi connectivity index (χ1n) is 3.05. The quantitative estimate of drug-likeness (QED) is 0.563. The number of rotatable bonds is 1. The van der Waals surface area contributed by atoms with Crippen molar-refractivity contribution in [3.8, 4) is 0 Å². The molecule has 0 aromatic carbocycles. The molecular formula is C6H9NO2. The van der Waals surface area contributed by atoms with Crippen molar-refractivity contribution in [3.63, 3.8) is 0 Å². The molecule has 0 saturated heterocycles. The highest BCUT2D eigenvalue weighted by Crippen LogP contribution is 2.08. The highest BCUT2D eigenvalue weighted by Gasteiger charge is 2.16. The summed E-state index contributed by atoms with van der Waals surface area (Å²) in [6, 6.07) is -0.459. The summed E-state index contributed by atoms with van der Waals surface area (Å²) in [7, 11) is 0. The lowest BCUT2D eigenvalue weighted by molar-refractivity contribution is -0.138. The first-order chi connectivity index (χ1) is 4.30. The van der Waals surface area contributed by atoms with E-state index in [9.17, 15) is 4.79 Å². The highest BCUT2D eigenvalue weighted by atomic mass is 16.4. The van der Waals surface area contributed by atoms with Gasteiger partial charge in [0.2, 0.25) is 0 Å². The molecule has 0 amide bonds. The zero-order chi connectivity index (χ0) is 6.69. The monoisotopic (exact) mass is 127 g/mol. The van der Waals surface area contributed by atoms with Crippen molar-refractivity contribution in [1.29, 1.82) is 0 Å². The maximum atomic E-state index is 10.2. The second-order valence-electron chi connectivity index (χ2n) is 2.12. The molecule has 1 atom stereocenters. The van der Waals surface area contributed by atoms with Crippen molar-refractivity contribution in [2.45, 2.75) is 25.3 Å². The standard InChI is InChI=1S/C6H9NO2/c8-6(9)5-3-1-2-4-7-5/h4-5H,1-3H2,(H,8,9). The summed E-state index contributed by atoms with van der Waals surface area (Å²) in [6.45, 7) is 0. The predicted octanol–water partition coefficient (Wildman–Crippen LogP) is 0.694. The third-order valence-corrected chi connectivity index (χ3v) is 1.38. The van der Waals surface area contributed by atoms with Crippen LogP contribution in [0, 0.1) is 0 Å². The van der Waals surface area contributed by atoms with Gasteiger partial charge in [-0.15, -0.1) is 0 Å². The van der Waals surface area contributed by atoms with E-state index in [0.29, 0.717) is 6.42 Å². The number of hydrogen-bond donors (Lipinski definition) is 1. The minimum absolute atomic E-state index is 0.459. The van der Waals surface area contributed by atoms with E-state index in [1.54, 1.807) is 6.21 Å². The van der Waals surface area contributed by atoms with Gasteiger partial charge in [-0.05, 0) is 25.5 Å². The molecule has 1 unspecified atom stereocenters. The SMILES string of the molecule is O=C(O)C1CCCC=N1. The van der Waals surface area contributed by atoms with Gasteiger partial charge in [0.05, 0.1) is 0 Å². The first kappa shape index (κ1) is 6.26. The maximum absolute atomic E-state index is 10.2. The van der Waals surface area contributed by atoms with Crippen LogP contribution in [0.4, 0.5) is 0 Å². The van der Waals surface area contributed by atoms with Crippen LogP contribution in [-0.2, 0) is 4.79 Å². The average Bonchev–Trinajstić information content (AvgIpc) is 1.90. The highest BCUT2D eigenvalue weighted by molar-refractivity contribution is 5.76. The fourth-order valence-corrected chi connectivity index (χ4v) is 0.866. The van der Waals surface area contributed by atoms with Crippen LogP contribution < -0.4 is 0 Å². The van der Waals surface area contributed by atoms with Gasteiger partial charge < -0.3 is 5.11 Å². The zero-order valence-corrected chi connectivity index (χ0v) is 5.08. The van der Waals surface area contributed by atoms with Gasteiger partial charge in [-0.2, -0.15) is 0 Å². The molecule has 1 rings (SSSR count). The van der Waals surface area contributed by atoms with E-state index in [2.05, 4.69) is 4.99 Å². The number of nitrogens with zero attached hydrogens (tertiary/aromatic N) is 1. The number of hydrogen-bond acceptors (Lipinski definition) is 2. The fraction of sp³-hybridized carbons (Fsp3) is 0.667. The van der Waals surface area contributed by atoms with Crippen LogP contribution in [0.15, 0.2) is 4.99 Å². The Kier molecular flexibility index (Phi) is 1.82. The van der Waals surface area contributed by atoms with Gasteiger partial charge in [-0.25, -0.2) is 4.79 Å². The van der Waals surface area contributed by atoms with Crippen molar-refractivity contribution in [1.82, 2.24) is 0 Å². The van der Waals surface area contributed by atoms with Crippen molar-refractivity contribution in [3.05, 3.63) is 0 Å². The van der Waals surface area contributed by atoms with E-state index in [0.717, 1.165) is 12.8 Å². The van der Waals surface area contributed by atoms with Crippen LogP contribution in [0.1, 0.15) is 19.3 Å². The summed E-state index contributed by atoms with van der Waals surface area (Å²) < 4.78 is 0. The Morgan fingerprint density at radius 2 is 2.56 bits per heavy atom.